The van der Waals surface area contributed by atoms with Crippen LogP contribution in [-0.2, 0) is 0 Å². The molecule has 15 heavy (non-hydrogen) atoms. The van der Waals surface area contributed by atoms with Crippen molar-refractivity contribution >= 4 is 11.9 Å². The molecule has 2 nitrogen and oxygen atoms in total. The van der Waals surface area contributed by atoms with Gasteiger partial charge in [-0.15, -0.1) is 0 Å². The summed E-state index contributed by atoms with van der Waals surface area (Å²) in [5.74, 6) is 1.69. The van der Waals surface area contributed by atoms with Crippen molar-refractivity contribution in [2.75, 3.05) is 0 Å². The Morgan fingerprint density at radius 3 is 2.53 bits per heavy atom. The lowest BCUT2D eigenvalue weighted by atomic mass is 10.2. The minimum Gasteiger partial charge on any atom is -0.460 e. The quantitative estimate of drug-likeness (QED) is 0.678. The predicted octanol–water partition coefficient (Wildman–Crippen LogP) is 3.65. The molecule has 0 amide bonds. The Hall–Kier alpha value is -1.83. The number of hydrogen-bond acceptors (Lipinski definition) is 2. The lowest BCUT2D eigenvalue weighted by Gasteiger charge is -1.96. The highest BCUT2D eigenvalue weighted by atomic mass is 16.3. The summed E-state index contributed by atoms with van der Waals surface area (Å²) in [5, 5.41) is 0. The van der Waals surface area contributed by atoms with Crippen molar-refractivity contribution in [1.29, 1.82) is 0 Å². The standard InChI is InChI=1S/C13H13NO/c1-10-5-3-4-6-13(10)14-9-12-8-7-11(2)15-12/h3-9H,1-2H3. The highest BCUT2D eigenvalue weighted by Gasteiger charge is 1.95. The van der Waals surface area contributed by atoms with Gasteiger partial charge in [0.2, 0.25) is 0 Å². The molecule has 0 radical (unpaired) electrons. The van der Waals surface area contributed by atoms with E-state index in [0.29, 0.717) is 0 Å². The van der Waals surface area contributed by atoms with E-state index in [9.17, 15) is 0 Å². The Kier molecular flexibility index (Phi) is 2.68. The van der Waals surface area contributed by atoms with E-state index in [1.165, 1.54) is 0 Å². The van der Waals surface area contributed by atoms with Gasteiger partial charge in [0.05, 0.1) is 11.9 Å². The Morgan fingerprint density at radius 1 is 1.07 bits per heavy atom. The molecular formula is C13H13NO. The van der Waals surface area contributed by atoms with Crippen LogP contribution in [0.4, 0.5) is 5.69 Å². The fraction of sp³-hybridized carbons (Fsp3) is 0.154. The van der Waals surface area contributed by atoms with Crippen molar-refractivity contribution in [3.05, 3.63) is 53.5 Å². The van der Waals surface area contributed by atoms with Crippen LogP contribution in [0.25, 0.3) is 0 Å². The molecule has 0 saturated carbocycles. The normalized spacial score (nSPS) is 11.1. The molecule has 1 aromatic carbocycles. The summed E-state index contributed by atoms with van der Waals surface area (Å²) in [6.45, 7) is 3.96. The first-order chi connectivity index (χ1) is 7.25. The summed E-state index contributed by atoms with van der Waals surface area (Å²) in [5.41, 5.74) is 2.14. The maximum atomic E-state index is 5.40. The number of nitrogens with zero attached hydrogens (tertiary/aromatic N) is 1. The van der Waals surface area contributed by atoms with E-state index in [-0.39, 0.29) is 0 Å². The van der Waals surface area contributed by atoms with E-state index in [0.717, 1.165) is 22.8 Å². The second kappa shape index (κ2) is 4.13. The lowest BCUT2D eigenvalue weighted by molar-refractivity contribution is 0.528. The second-order valence-corrected chi connectivity index (χ2v) is 3.49. The van der Waals surface area contributed by atoms with Crippen LogP contribution in [0.3, 0.4) is 0 Å². The largest absolute Gasteiger partial charge is 0.460 e. The van der Waals surface area contributed by atoms with E-state index in [4.69, 9.17) is 4.42 Å². The molecule has 0 bridgehead atoms. The maximum absolute atomic E-state index is 5.40. The smallest absolute Gasteiger partial charge is 0.145 e. The fourth-order valence-corrected chi connectivity index (χ4v) is 1.36. The van der Waals surface area contributed by atoms with Gasteiger partial charge in [-0.05, 0) is 37.6 Å². The first-order valence-electron chi connectivity index (χ1n) is 4.92. The van der Waals surface area contributed by atoms with Gasteiger partial charge >= 0.3 is 0 Å². The number of aliphatic imine (C=N–C) groups is 1. The van der Waals surface area contributed by atoms with Crippen LogP contribution in [0, 0.1) is 13.8 Å². The Morgan fingerprint density at radius 2 is 1.87 bits per heavy atom. The van der Waals surface area contributed by atoms with Gasteiger partial charge in [0.25, 0.3) is 0 Å². The number of benzene rings is 1. The van der Waals surface area contributed by atoms with Crippen molar-refractivity contribution in [2.45, 2.75) is 13.8 Å². The minimum absolute atomic E-state index is 0.788. The van der Waals surface area contributed by atoms with Gasteiger partial charge in [0.1, 0.15) is 11.5 Å². The van der Waals surface area contributed by atoms with Crippen LogP contribution in [0.1, 0.15) is 17.1 Å². The van der Waals surface area contributed by atoms with Crippen molar-refractivity contribution < 1.29 is 4.42 Å². The number of furan rings is 1. The Labute approximate surface area is 89.3 Å². The molecule has 1 aromatic heterocycles. The van der Waals surface area contributed by atoms with E-state index in [1.54, 1.807) is 6.21 Å². The molecule has 0 aliphatic heterocycles. The van der Waals surface area contributed by atoms with Gasteiger partial charge in [-0.3, -0.25) is 4.99 Å². The summed E-state index contributed by atoms with van der Waals surface area (Å²) in [6, 6.07) is 11.9. The van der Waals surface area contributed by atoms with Gasteiger partial charge < -0.3 is 4.42 Å². The molecule has 0 atom stereocenters. The van der Waals surface area contributed by atoms with E-state index >= 15 is 0 Å². The summed E-state index contributed by atoms with van der Waals surface area (Å²) >= 11 is 0. The Balaban J connectivity index is 2.22. The van der Waals surface area contributed by atoms with Gasteiger partial charge in [-0.25, -0.2) is 0 Å². The van der Waals surface area contributed by atoms with Crippen molar-refractivity contribution in [2.24, 2.45) is 4.99 Å². The maximum Gasteiger partial charge on any atom is 0.145 e. The third-order valence-corrected chi connectivity index (χ3v) is 2.21. The molecule has 0 saturated heterocycles. The molecule has 0 aliphatic rings. The van der Waals surface area contributed by atoms with Gasteiger partial charge in [0.15, 0.2) is 0 Å². The van der Waals surface area contributed by atoms with Crippen LogP contribution in [0.2, 0.25) is 0 Å². The van der Waals surface area contributed by atoms with E-state index in [2.05, 4.69) is 4.99 Å². The summed E-state index contributed by atoms with van der Waals surface area (Å²) in [7, 11) is 0. The average Bonchev–Trinajstić information content (AvgIpc) is 2.63. The third-order valence-electron chi connectivity index (χ3n) is 2.21. The molecular weight excluding hydrogens is 186 g/mol. The zero-order valence-electron chi connectivity index (χ0n) is 8.90. The van der Waals surface area contributed by atoms with E-state index < -0.39 is 0 Å². The Bertz CT molecular complexity index is 483. The van der Waals surface area contributed by atoms with Crippen molar-refractivity contribution in [3.63, 3.8) is 0 Å². The lowest BCUT2D eigenvalue weighted by Crippen LogP contribution is -1.76. The SMILES string of the molecule is Cc1ccc(C=Nc2ccccc2C)o1. The first kappa shape index (κ1) is 9.71. The molecule has 0 N–H and O–H groups in total. The predicted molar refractivity (Wildman–Crippen MR) is 61.9 cm³/mol. The van der Waals surface area contributed by atoms with Crippen molar-refractivity contribution in [1.82, 2.24) is 0 Å². The number of aryl methyl sites for hydroxylation is 2. The fourth-order valence-electron chi connectivity index (χ4n) is 1.36. The zero-order valence-corrected chi connectivity index (χ0v) is 8.90. The van der Waals surface area contributed by atoms with Crippen LogP contribution < -0.4 is 0 Å². The zero-order chi connectivity index (χ0) is 10.7. The number of hydrogen-bond donors (Lipinski definition) is 0. The molecule has 2 rings (SSSR count). The molecule has 0 fully saturated rings. The molecule has 0 aliphatic carbocycles. The highest BCUT2D eigenvalue weighted by Crippen LogP contribution is 2.17. The molecule has 0 spiro atoms. The summed E-state index contributed by atoms with van der Waals surface area (Å²) in [4.78, 5) is 4.37. The molecule has 2 aromatic rings. The topological polar surface area (TPSA) is 25.5 Å². The van der Waals surface area contributed by atoms with Crippen LogP contribution >= 0.6 is 0 Å². The molecule has 1 heterocycles. The van der Waals surface area contributed by atoms with Crippen molar-refractivity contribution in [3.8, 4) is 0 Å². The highest BCUT2D eigenvalue weighted by molar-refractivity contribution is 5.79. The van der Waals surface area contributed by atoms with Gasteiger partial charge in [-0.2, -0.15) is 0 Å². The molecule has 76 valence electrons. The number of para-hydroxylation sites is 1. The second-order valence-electron chi connectivity index (χ2n) is 3.49. The molecule has 0 unspecified atom stereocenters. The monoisotopic (exact) mass is 199 g/mol. The third kappa shape index (κ3) is 2.34. The van der Waals surface area contributed by atoms with Gasteiger partial charge in [-0.1, -0.05) is 18.2 Å². The van der Waals surface area contributed by atoms with Gasteiger partial charge in [0, 0.05) is 0 Å². The average molecular weight is 199 g/mol. The van der Waals surface area contributed by atoms with Crippen LogP contribution in [0.15, 0.2) is 45.8 Å². The van der Waals surface area contributed by atoms with Crippen LogP contribution in [-0.4, -0.2) is 6.21 Å². The van der Waals surface area contributed by atoms with Crippen LogP contribution in [0.5, 0.6) is 0 Å². The molecule has 2 heteroatoms. The summed E-state index contributed by atoms with van der Waals surface area (Å²) < 4.78 is 5.40. The minimum atomic E-state index is 0.788. The number of rotatable bonds is 2. The first-order valence-corrected chi connectivity index (χ1v) is 4.92. The van der Waals surface area contributed by atoms with E-state index in [1.807, 2.05) is 50.2 Å². The summed E-state index contributed by atoms with van der Waals surface area (Å²) in [6.07, 6.45) is 1.75.